The number of nitrogens with zero attached hydrogens (tertiary/aromatic N) is 1. The van der Waals surface area contributed by atoms with Gasteiger partial charge in [0, 0.05) is 0 Å². The van der Waals surface area contributed by atoms with E-state index in [4.69, 9.17) is 0 Å². The minimum atomic E-state index is 0.465. The van der Waals surface area contributed by atoms with E-state index in [1.807, 2.05) is 6.21 Å². The molecule has 1 aliphatic rings. The molecule has 0 saturated carbocycles. The first-order valence-corrected chi connectivity index (χ1v) is 3.35. The van der Waals surface area contributed by atoms with Crippen LogP contribution in [0.3, 0.4) is 0 Å². The average molecular weight is 116 g/mol. The van der Waals surface area contributed by atoms with Crippen molar-refractivity contribution in [2.24, 2.45) is 3.91 Å². The van der Waals surface area contributed by atoms with Crippen LogP contribution in [0.2, 0.25) is 5.21 Å². The summed E-state index contributed by atoms with van der Waals surface area (Å²) in [5.74, 6) is 0. The van der Waals surface area contributed by atoms with Gasteiger partial charge in [-0.05, 0) is 0 Å². The van der Waals surface area contributed by atoms with Gasteiger partial charge in [-0.1, -0.05) is 0 Å². The quantitative estimate of drug-likeness (QED) is 0.398. The molecule has 2 heteroatoms. The zero-order valence-electron chi connectivity index (χ0n) is 2.18. The van der Waals surface area contributed by atoms with Crippen molar-refractivity contribution >= 4 is 22.2 Å². The minimum absolute atomic E-state index is 0.465. The second-order valence-corrected chi connectivity index (χ2v) is 2.47. The van der Waals surface area contributed by atoms with E-state index in [-0.39, 0.29) is 0 Å². The van der Waals surface area contributed by atoms with Crippen molar-refractivity contribution in [3.63, 3.8) is 0 Å². The molecule has 0 amide bonds. The summed E-state index contributed by atoms with van der Waals surface area (Å²) < 4.78 is 3.89. The van der Waals surface area contributed by atoms with Gasteiger partial charge in [-0.25, -0.2) is 0 Å². The van der Waals surface area contributed by atoms with Gasteiger partial charge in [-0.3, -0.25) is 0 Å². The Labute approximate surface area is 32.0 Å². The summed E-state index contributed by atoms with van der Waals surface area (Å²) in [6.45, 7) is 0. The fraction of sp³-hybridized carbons (Fsp3) is 0.500. The van der Waals surface area contributed by atoms with Crippen LogP contribution in [0.25, 0.3) is 0 Å². The van der Waals surface area contributed by atoms with Crippen molar-refractivity contribution in [2.75, 3.05) is 0 Å². The first-order valence-electron chi connectivity index (χ1n) is 1.18. The van der Waals surface area contributed by atoms with Crippen LogP contribution < -0.4 is 0 Å². The summed E-state index contributed by atoms with van der Waals surface area (Å²) in [6.07, 6.45) is 1.97. The SMILES string of the molecule is C1=N[As]C1. The normalized spacial score (nSPS) is 26.0. The first kappa shape index (κ1) is 2.46. The van der Waals surface area contributed by atoms with Crippen molar-refractivity contribution in [1.82, 2.24) is 0 Å². The Balaban J connectivity index is 2.47. The van der Waals surface area contributed by atoms with Gasteiger partial charge in [0.2, 0.25) is 0 Å². The summed E-state index contributed by atoms with van der Waals surface area (Å²) in [7, 11) is 0. The first-order chi connectivity index (χ1) is 2.00. The number of hydrogen-bond donors (Lipinski definition) is 0. The zero-order chi connectivity index (χ0) is 2.83. The summed E-state index contributed by atoms with van der Waals surface area (Å²) in [6, 6.07) is 0. The third-order valence-corrected chi connectivity index (χ3v) is 1.70. The molecule has 0 aromatic rings. The summed E-state index contributed by atoms with van der Waals surface area (Å²) >= 11 is 0.465. The molecule has 0 aromatic carbocycles. The standard InChI is InChI=1S/C2H3AsN/c1-2-4-3-1/h2H,1H2. The second-order valence-electron chi connectivity index (χ2n) is 0.622. The molecule has 0 saturated heterocycles. The molecule has 1 radical (unpaired) electrons. The fourth-order valence-corrected chi connectivity index (χ4v) is 0.424. The van der Waals surface area contributed by atoms with Crippen LogP contribution in [0, 0.1) is 0 Å². The van der Waals surface area contributed by atoms with Crippen molar-refractivity contribution in [1.29, 1.82) is 0 Å². The molecule has 0 atom stereocenters. The molecule has 0 aliphatic carbocycles. The third kappa shape index (κ3) is 0.188. The fourth-order valence-electron chi connectivity index (χ4n) is 0.0816. The molecule has 1 aliphatic heterocycles. The van der Waals surface area contributed by atoms with E-state index in [1.165, 1.54) is 5.21 Å². The van der Waals surface area contributed by atoms with Crippen LogP contribution in [0.5, 0.6) is 0 Å². The third-order valence-electron chi connectivity index (χ3n) is 0.327. The Morgan fingerprint density at radius 3 is 2.25 bits per heavy atom. The predicted octanol–water partition coefficient (Wildman–Crippen LogP) is 0.108. The molecule has 4 heavy (non-hydrogen) atoms. The van der Waals surface area contributed by atoms with Crippen LogP contribution in [0.1, 0.15) is 0 Å². The van der Waals surface area contributed by atoms with E-state index >= 15 is 0 Å². The Kier molecular flexibility index (Phi) is 0.553. The molecule has 0 bridgehead atoms. The van der Waals surface area contributed by atoms with E-state index in [2.05, 4.69) is 3.91 Å². The van der Waals surface area contributed by atoms with Gasteiger partial charge in [-0.15, -0.1) is 0 Å². The maximum atomic E-state index is 3.89. The molecule has 0 aromatic heterocycles. The van der Waals surface area contributed by atoms with Crippen LogP contribution in [-0.2, 0) is 0 Å². The number of hydrogen-bond acceptors (Lipinski definition) is 1. The van der Waals surface area contributed by atoms with E-state index in [9.17, 15) is 0 Å². The zero-order valence-corrected chi connectivity index (χ0v) is 4.06. The van der Waals surface area contributed by atoms with Crippen LogP contribution in [-0.4, -0.2) is 22.2 Å². The van der Waals surface area contributed by atoms with E-state index in [0.29, 0.717) is 16.0 Å². The van der Waals surface area contributed by atoms with Crippen molar-refractivity contribution < 1.29 is 0 Å². The van der Waals surface area contributed by atoms with E-state index in [1.54, 1.807) is 0 Å². The van der Waals surface area contributed by atoms with Crippen molar-refractivity contribution in [3.05, 3.63) is 0 Å². The molecule has 1 rings (SSSR count). The molecule has 0 fully saturated rings. The van der Waals surface area contributed by atoms with Gasteiger partial charge in [0.1, 0.15) is 0 Å². The topological polar surface area (TPSA) is 12.4 Å². The summed E-state index contributed by atoms with van der Waals surface area (Å²) in [5.41, 5.74) is 0. The van der Waals surface area contributed by atoms with Gasteiger partial charge in [0.15, 0.2) is 0 Å². The van der Waals surface area contributed by atoms with E-state index in [0.717, 1.165) is 0 Å². The summed E-state index contributed by atoms with van der Waals surface area (Å²) in [4.78, 5) is 0. The Bertz CT molecular complexity index is 35.3. The summed E-state index contributed by atoms with van der Waals surface area (Å²) in [5, 5.41) is 1.30. The van der Waals surface area contributed by atoms with Crippen LogP contribution in [0.4, 0.5) is 0 Å². The maximum absolute atomic E-state index is 3.89. The Morgan fingerprint density at radius 2 is 2.25 bits per heavy atom. The Morgan fingerprint density at radius 1 is 2.00 bits per heavy atom. The van der Waals surface area contributed by atoms with Gasteiger partial charge < -0.3 is 0 Å². The molecular formula is C2H3AsN. The monoisotopic (exact) mass is 116 g/mol. The van der Waals surface area contributed by atoms with Crippen molar-refractivity contribution in [3.8, 4) is 0 Å². The van der Waals surface area contributed by atoms with Gasteiger partial charge in [0.25, 0.3) is 0 Å². The van der Waals surface area contributed by atoms with Crippen molar-refractivity contribution in [2.45, 2.75) is 5.21 Å². The van der Waals surface area contributed by atoms with Crippen LogP contribution >= 0.6 is 0 Å². The van der Waals surface area contributed by atoms with Gasteiger partial charge in [0.05, 0.1) is 0 Å². The average Bonchev–Trinajstić information content (AvgIpc) is 0.722. The number of rotatable bonds is 0. The molecular weight excluding hydrogens is 113 g/mol. The Hall–Kier alpha value is 0.228. The predicted molar refractivity (Wildman–Crippen MR) is 19.1 cm³/mol. The molecule has 0 N–H and O–H groups in total. The van der Waals surface area contributed by atoms with Crippen LogP contribution in [0.15, 0.2) is 3.91 Å². The molecule has 1 heterocycles. The molecule has 21 valence electrons. The van der Waals surface area contributed by atoms with Gasteiger partial charge >= 0.3 is 31.3 Å². The second kappa shape index (κ2) is 0.897. The van der Waals surface area contributed by atoms with E-state index < -0.39 is 0 Å². The van der Waals surface area contributed by atoms with Gasteiger partial charge in [-0.2, -0.15) is 0 Å². The molecule has 1 nitrogen and oxygen atoms in total. The molecule has 0 unspecified atom stereocenters. The molecule has 0 spiro atoms.